The highest BCUT2D eigenvalue weighted by Crippen LogP contribution is 2.15. The summed E-state index contributed by atoms with van der Waals surface area (Å²) in [4.78, 5) is 15.8. The monoisotopic (exact) mass is 303 g/mol. The third-order valence-corrected chi connectivity index (χ3v) is 2.92. The molecule has 2 rings (SSSR count). The molecular weight excluding hydrogens is 286 g/mol. The summed E-state index contributed by atoms with van der Waals surface area (Å²) >= 11 is 1.11. The van der Waals surface area contributed by atoms with Crippen molar-refractivity contribution in [2.45, 2.75) is 26.4 Å². The SMILES string of the molecule is CC(C)(C)OC(=O)Nc1nc(/C=C/c2ccccc2)ns1. The largest absolute Gasteiger partial charge is 0.444 e. The molecule has 1 amide bonds. The van der Waals surface area contributed by atoms with Crippen molar-refractivity contribution in [3.63, 3.8) is 0 Å². The van der Waals surface area contributed by atoms with Crippen molar-refractivity contribution in [1.82, 2.24) is 9.36 Å². The maximum Gasteiger partial charge on any atom is 0.414 e. The molecule has 0 radical (unpaired) electrons. The molecule has 0 atom stereocenters. The summed E-state index contributed by atoms with van der Waals surface area (Å²) in [7, 11) is 0. The minimum Gasteiger partial charge on any atom is -0.444 e. The molecule has 0 aliphatic rings. The molecule has 1 heterocycles. The minimum absolute atomic E-state index is 0.414. The highest BCUT2D eigenvalue weighted by Gasteiger charge is 2.17. The standard InChI is InChI=1S/C15H17N3O2S/c1-15(2,3)20-14(19)17-13-16-12(18-21-13)10-9-11-7-5-4-6-8-11/h4-10H,1-3H3,(H,16,17,18,19)/b10-9+. The third-order valence-electron chi connectivity index (χ3n) is 2.27. The van der Waals surface area contributed by atoms with Gasteiger partial charge in [0.25, 0.3) is 0 Å². The summed E-state index contributed by atoms with van der Waals surface area (Å²) in [6.07, 6.45) is 3.18. The second-order valence-electron chi connectivity index (χ2n) is 5.33. The van der Waals surface area contributed by atoms with Gasteiger partial charge in [0.15, 0.2) is 5.82 Å². The first kappa shape index (κ1) is 15.2. The van der Waals surface area contributed by atoms with Crippen molar-refractivity contribution in [2.75, 3.05) is 5.32 Å². The molecule has 21 heavy (non-hydrogen) atoms. The maximum atomic E-state index is 11.6. The van der Waals surface area contributed by atoms with E-state index in [-0.39, 0.29) is 0 Å². The average Bonchev–Trinajstić information content (AvgIpc) is 2.83. The lowest BCUT2D eigenvalue weighted by Gasteiger charge is -2.18. The molecule has 0 fully saturated rings. The Kier molecular flexibility index (Phi) is 4.70. The number of benzene rings is 1. The van der Waals surface area contributed by atoms with Crippen molar-refractivity contribution in [3.05, 3.63) is 41.7 Å². The lowest BCUT2D eigenvalue weighted by molar-refractivity contribution is 0.0636. The Morgan fingerprint density at radius 2 is 1.95 bits per heavy atom. The lowest BCUT2D eigenvalue weighted by atomic mass is 10.2. The zero-order valence-corrected chi connectivity index (χ0v) is 13.0. The van der Waals surface area contributed by atoms with Crippen LogP contribution in [0.5, 0.6) is 0 Å². The minimum atomic E-state index is -0.537. The van der Waals surface area contributed by atoms with Gasteiger partial charge in [-0.3, -0.25) is 5.32 Å². The van der Waals surface area contributed by atoms with Gasteiger partial charge in [0.1, 0.15) is 5.60 Å². The Morgan fingerprint density at radius 1 is 1.24 bits per heavy atom. The van der Waals surface area contributed by atoms with Crippen LogP contribution in [0.3, 0.4) is 0 Å². The van der Waals surface area contributed by atoms with Gasteiger partial charge in [-0.25, -0.2) is 4.79 Å². The van der Waals surface area contributed by atoms with E-state index < -0.39 is 11.7 Å². The van der Waals surface area contributed by atoms with Crippen LogP contribution in [0.4, 0.5) is 9.93 Å². The first-order valence-electron chi connectivity index (χ1n) is 6.49. The van der Waals surface area contributed by atoms with Crippen LogP contribution in [-0.2, 0) is 4.74 Å². The fourth-order valence-corrected chi connectivity index (χ4v) is 2.02. The molecule has 0 aliphatic heterocycles. The van der Waals surface area contributed by atoms with E-state index in [1.165, 1.54) is 0 Å². The van der Waals surface area contributed by atoms with Crippen molar-refractivity contribution in [2.24, 2.45) is 0 Å². The van der Waals surface area contributed by atoms with Crippen molar-refractivity contribution >= 4 is 34.9 Å². The van der Waals surface area contributed by atoms with Gasteiger partial charge in [-0.2, -0.15) is 9.36 Å². The topological polar surface area (TPSA) is 64.1 Å². The van der Waals surface area contributed by atoms with Crippen molar-refractivity contribution < 1.29 is 9.53 Å². The van der Waals surface area contributed by atoms with E-state index in [0.717, 1.165) is 17.1 Å². The predicted octanol–water partition coefficient (Wildman–Crippen LogP) is 4.06. The fraction of sp³-hybridized carbons (Fsp3) is 0.267. The van der Waals surface area contributed by atoms with E-state index in [4.69, 9.17) is 4.74 Å². The molecule has 0 saturated heterocycles. The predicted molar refractivity (Wildman–Crippen MR) is 85.1 cm³/mol. The van der Waals surface area contributed by atoms with Crippen molar-refractivity contribution in [1.29, 1.82) is 0 Å². The third kappa shape index (κ3) is 5.35. The number of hydrogen-bond acceptors (Lipinski definition) is 5. The first-order valence-corrected chi connectivity index (χ1v) is 7.26. The highest BCUT2D eigenvalue weighted by atomic mass is 32.1. The van der Waals surface area contributed by atoms with Crippen LogP contribution in [0, 0.1) is 0 Å². The molecule has 1 N–H and O–H groups in total. The van der Waals surface area contributed by atoms with E-state index in [0.29, 0.717) is 11.0 Å². The van der Waals surface area contributed by atoms with Crippen LogP contribution in [-0.4, -0.2) is 21.1 Å². The highest BCUT2D eigenvalue weighted by molar-refractivity contribution is 7.09. The Labute approximate surface area is 127 Å². The molecule has 2 aromatic rings. The number of aromatic nitrogens is 2. The van der Waals surface area contributed by atoms with E-state index in [9.17, 15) is 4.79 Å². The van der Waals surface area contributed by atoms with Gasteiger partial charge in [-0.15, -0.1) is 0 Å². The Hall–Kier alpha value is -2.21. The van der Waals surface area contributed by atoms with Crippen LogP contribution in [0.25, 0.3) is 12.2 Å². The van der Waals surface area contributed by atoms with E-state index in [2.05, 4.69) is 14.7 Å². The van der Waals surface area contributed by atoms with Gasteiger partial charge in [-0.1, -0.05) is 36.4 Å². The molecule has 0 spiro atoms. The maximum absolute atomic E-state index is 11.6. The molecule has 110 valence electrons. The number of carbonyl (C=O) groups excluding carboxylic acids is 1. The summed E-state index contributed by atoms with van der Waals surface area (Å²) in [5.74, 6) is 0.551. The van der Waals surface area contributed by atoms with Gasteiger partial charge in [0, 0.05) is 11.5 Å². The zero-order valence-electron chi connectivity index (χ0n) is 12.2. The van der Waals surface area contributed by atoms with Gasteiger partial charge in [0.05, 0.1) is 0 Å². The van der Waals surface area contributed by atoms with Gasteiger partial charge >= 0.3 is 6.09 Å². The summed E-state index contributed by atoms with van der Waals surface area (Å²) in [6, 6.07) is 9.86. The van der Waals surface area contributed by atoms with Crippen LogP contribution in [0.1, 0.15) is 32.2 Å². The Morgan fingerprint density at radius 3 is 2.62 bits per heavy atom. The summed E-state index contributed by atoms with van der Waals surface area (Å²) in [6.45, 7) is 5.42. The molecule has 1 aromatic heterocycles. The smallest absolute Gasteiger partial charge is 0.414 e. The summed E-state index contributed by atoms with van der Waals surface area (Å²) < 4.78 is 9.31. The first-order chi connectivity index (χ1) is 9.92. The number of anilines is 1. The number of hydrogen-bond donors (Lipinski definition) is 1. The number of ether oxygens (including phenoxy) is 1. The second kappa shape index (κ2) is 6.49. The van der Waals surface area contributed by atoms with Gasteiger partial charge in [-0.05, 0) is 32.4 Å². The van der Waals surface area contributed by atoms with E-state index in [1.54, 1.807) is 26.8 Å². The normalized spacial score (nSPS) is 11.6. The molecule has 1 aromatic carbocycles. The number of nitrogens with one attached hydrogen (secondary N) is 1. The van der Waals surface area contributed by atoms with Gasteiger partial charge < -0.3 is 4.74 Å². The summed E-state index contributed by atoms with van der Waals surface area (Å²) in [5.41, 5.74) is 0.527. The van der Waals surface area contributed by atoms with Crippen LogP contribution < -0.4 is 5.32 Å². The van der Waals surface area contributed by atoms with E-state index >= 15 is 0 Å². The Balaban J connectivity index is 1.96. The van der Waals surface area contributed by atoms with Crippen LogP contribution >= 0.6 is 11.5 Å². The van der Waals surface area contributed by atoms with Crippen LogP contribution in [0.15, 0.2) is 30.3 Å². The number of nitrogens with zero attached hydrogens (tertiary/aromatic N) is 2. The Bertz CT molecular complexity index is 630. The average molecular weight is 303 g/mol. The molecule has 0 saturated carbocycles. The molecule has 0 aliphatic carbocycles. The molecule has 0 bridgehead atoms. The zero-order chi connectivity index (χ0) is 15.3. The molecule has 0 unspecified atom stereocenters. The van der Waals surface area contributed by atoms with Gasteiger partial charge in [0.2, 0.25) is 5.13 Å². The lowest BCUT2D eigenvalue weighted by Crippen LogP contribution is -2.27. The number of rotatable bonds is 3. The van der Waals surface area contributed by atoms with Crippen LogP contribution in [0.2, 0.25) is 0 Å². The van der Waals surface area contributed by atoms with Crippen molar-refractivity contribution in [3.8, 4) is 0 Å². The molecule has 5 nitrogen and oxygen atoms in total. The number of amides is 1. The fourth-order valence-electron chi connectivity index (χ4n) is 1.48. The van der Waals surface area contributed by atoms with E-state index in [1.807, 2.05) is 36.4 Å². The quantitative estimate of drug-likeness (QED) is 0.929. The molecule has 6 heteroatoms. The molecular formula is C15H17N3O2S. The summed E-state index contributed by atoms with van der Waals surface area (Å²) in [5, 5.41) is 2.98. The second-order valence-corrected chi connectivity index (χ2v) is 6.08. The number of carbonyl (C=O) groups is 1.